The Balaban J connectivity index is 2.12. The van der Waals surface area contributed by atoms with Gasteiger partial charge in [0.1, 0.15) is 30.0 Å². The van der Waals surface area contributed by atoms with E-state index in [1.54, 1.807) is 46.8 Å². The number of hydrogen-bond donors (Lipinski definition) is 2. The summed E-state index contributed by atoms with van der Waals surface area (Å²) in [6.07, 6.45) is -0.769. The number of nitrogens with one attached hydrogen (secondary N) is 2. The number of ether oxygens (including phenoxy) is 3. The molecule has 184 valence electrons. The van der Waals surface area contributed by atoms with Crippen molar-refractivity contribution in [3.05, 3.63) is 54.6 Å². The minimum Gasteiger partial charge on any atom is -0.491 e. The molecule has 0 bridgehead atoms. The van der Waals surface area contributed by atoms with Gasteiger partial charge in [-0.25, -0.2) is 9.59 Å². The van der Waals surface area contributed by atoms with E-state index >= 15 is 0 Å². The van der Waals surface area contributed by atoms with Gasteiger partial charge in [0, 0.05) is 0 Å². The largest absolute Gasteiger partial charge is 0.491 e. The van der Waals surface area contributed by atoms with Gasteiger partial charge in [0.05, 0.1) is 7.11 Å². The summed E-state index contributed by atoms with van der Waals surface area (Å²) in [5, 5.41) is 5.17. The van der Waals surface area contributed by atoms with Gasteiger partial charge in [-0.1, -0.05) is 56.3 Å². The first-order valence-corrected chi connectivity index (χ1v) is 11.2. The maximum atomic E-state index is 13.0. The first kappa shape index (κ1) is 26.7. The molecule has 8 nitrogen and oxygen atoms in total. The molecular formula is C26H34N2O6. The second kappa shape index (κ2) is 12.1. The lowest BCUT2D eigenvalue weighted by molar-refractivity contribution is -0.146. The number of carbonyl (C=O) groups is 3. The number of rotatable bonds is 9. The van der Waals surface area contributed by atoms with Gasteiger partial charge >= 0.3 is 12.1 Å². The minimum atomic E-state index is -1.10. The van der Waals surface area contributed by atoms with Crippen LogP contribution < -0.4 is 15.4 Å². The zero-order valence-corrected chi connectivity index (χ0v) is 20.6. The minimum absolute atomic E-state index is 0.165. The quantitative estimate of drug-likeness (QED) is 0.538. The van der Waals surface area contributed by atoms with Crippen LogP contribution in [0.1, 0.15) is 34.6 Å². The monoisotopic (exact) mass is 470 g/mol. The van der Waals surface area contributed by atoms with Crippen LogP contribution >= 0.6 is 0 Å². The average molecular weight is 471 g/mol. The van der Waals surface area contributed by atoms with Crippen molar-refractivity contribution in [2.45, 2.75) is 52.3 Å². The first-order valence-electron chi connectivity index (χ1n) is 11.2. The smallest absolute Gasteiger partial charge is 0.408 e. The second-order valence-electron chi connectivity index (χ2n) is 9.15. The predicted octanol–water partition coefficient (Wildman–Crippen LogP) is 3.94. The molecule has 0 aliphatic rings. The van der Waals surface area contributed by atoms with Gasteiger partial charge in [-0.15, -0.1) is 0 Å². The van der Waals surface area contributed by atoms with Crippen LogP contribution in [0.5, 0.6) is 5.75 Å². The van der Waals surface area contributed by atoms with Crippen molar-refractivity contribution in [3.63, 3.8) is 0 Å². The average Bonchev–Trinajstić information content (AvgIpc) is 2.79. The zero-order valence-electron chi connectivity index (χ0n) is 20.6. The molecule has 0 spiro atoms. The molecule has 0 fully saturated rings. The summed E-state index contributed by atoms with van der Waals surface area (Å²) in [6, 6.07) is 15.3. The van der Waals surface area contributed by atoms with E-state index in [0.29, 0.717) is 5.75 Å². The number of amides is 2. The van der Waals surface area contributed by atoms with E-state index in [0.717, 1.165) is 11.1 Å². The highest BCUT2D eigenvalue weighted by Crippen LogP contribution is 2.22. The number of carbonyl (C=O) groups excluding carboxylic acids is 3. The van der Waals surface area contributed by atoms with E-state index in [9.17, 15) is 14.4 Å². The third kappa shape index (κ3) is 8.42. The number of esters is 1. The van der Waals surface area contributed by atoms with E-state index in [2.05, 4.69) is 10.6 Å². The van der Waals surface area contributed by atoms with Crippen molar-refractivity contribution in [1.29, 1.82) is 0 Å². The molecule has 0 aromatic heterocycles. The summed E-state index contributed by atoms with van der Waals surface area (Å²) in [6.45, 7) is 8.56. The number of benzene rings is 2. The molecule has 2 aromatic carbocycles. The molecule has 8 heteroatoms. The molecular weight excluding hydrogens is 436 g/mol. The van der Waals surface area contributed by atoms with E-state index in [1.807, 2.05) is 42.5 Å². The standard InChI is InChI=1S/C26H34N2O6/c1-17(2)22(24(30)32-6)28-23(29)21(27-25(31)34-26(3,4)5)16-33-20-14-12-19(13-15-20)18-10-8-7-9-11-18/h7-15,17,21-22H,16H2,1-6H3,(H,27,31)(H,28,29)/t21-,22+/m0/s1. The summed E-state index contributed by atoms with van der Waals surface area (Å²) in [5.41, 5.74) is 1.35. The van der Waals surface area contributed by atoms with Gasteiger partial charge in [0.2, 0.25) is 5.91 Å². The lowest BCUT2D eigenvalue weighted by Gasteiger charge is -2.26. The van der Waals surface area contributed by atoms with Crippen molar-refractivity contribution in [2.24, 2.45) is 5.92 Å². The van der Waals surface area contributed by atoms with Gasteiger partial charge in [0.25, 0.3) is 0 Å². The van der Waals surface area contributed by atoms with E-state index in [-0.39, 0.29) is 12.5 Å². The normalized spacial score (nSPS) is 12.9. The Morgan fingerprint density at radius 2 is 1.47 bits per heavy atom. The number of hydrogen-bond acceptors (Lipinski definition) is 6. The molecule has 2 amide bonds. The highest BCUT2D eigenvalue weighted by atomic mass is 16.6. The van der Waals surface area contributed by atoms with Crippen molar-refractivity contribution >= 4 is 18.0 Å². The summed E-state index contributed by atoms with van der Waals surface area (Å²) >= 11 is 0. The third-order valence-electron chi connectivity index (χ3n) is 4.81. The van der Waals surface area contributed by atoms with Gasteiger partial charge in [-0.05, 0) is 49.9 Å². The Morgan fingerprint density at radius 1 is 0.882 bits per heavy atom. The van der Waals surface area contributed by atoms with Crippen LogP contribution in [0.2, 0.25) is 0 Å². The molecule has 0 saturated heterocycles. The molecule has 0 aliphatic heterocycles. The van der Waals surface area contributed by atoms with Crippen LogP contribution in [0.4, 0.5) is 4.79 Å². The predicted molar refractivity (Wildman–Crippen MR) is 129 cm³/mol. The highest BCUT2D eigenvalue weighted by molar-refractivity contribution is 5.90. The third-order valence-corrected chi connectivity index (χ3v) is 4.81. The van der Waals surface area contributed by atoms with Crippen molar-refractivity contribution in [2.75, 3.05) is 13.7 Å². The summed E-state index contributed by atoms with van der Waals surface area (Å²) < 4.78 is 15.9. The SMILES string of the molecule is COC(=O)[C@H](NC(=O)[C@H](COc1ccc(-c2ccccc2)cc1)NC(=O)OC(C)(C)C)C(C)C. The maximum Gasteiger partial charge on any atom is 0.408 e. The molecule has 34 heavy (non-hydrogen) atoms. The number of methoxy groups -OCH3 is 1. The lowest BCUT2D eigenvalue weighted by Crippen LogP contribution is -2.55. The van der Waals surface area contributed by atoms with Gasteiger partial charge in [0.15, 0.2) is 0 Å². The number of alkyl carbamates (subject to hydrolysis) is 1. The van der Waals surface area contributed by atoms with Crippen molar-refractivity contribution in [1.82, 2.24) is 10.6 Å². The summed E-state index contributed by atoms with van der Waals surface area (Å²) in [4.78, 5) is 37.4. The Morgan fingerprint density at radius 3 is 2.00 bits per heavy atom. The zero-order chi connectivity index (χ0) is 25.3. The molecule has 0 unspecified atom stereocenters. The van der Waals surface area contributed by atoms with E-state index in [4.69, 9.17) is 14.2 Å². The fourth-order valence-electron chi connectivity index (χ4n) is 3.07. The molecule has 2 N–H and O–H groups in total. The molecule has 0 radical (unpaired) electrons. The van der Waals surface area contributed by atoms with Crippen LogP contribution in [0.3, 0.4) is 0 Å². The Bertz CT molecular complexity index is 952. The van der Waals surface area contributed by atoms with Gasteiger partial charge in [-0.3, -0.25) is 4.79 Å². The first-order chi connectivity index (χ1) is 16.0. The molecule has 0 saturated carbocycles. The van der Waals surface area contributed by atoms with E-state index < -0.39 is 35.7 Å². The van der Waals surface area contributed by atoms with Gasteiger partial charge < -0.3 is 24.8 Å². The molecule has 2 rings (SSSR count). The Kier molecular flexibility index (Phi) is 9.47. The van der Waals surface area contributed by atoms with Crippen molar-refractivity contribution in [3.8, 4) is 16.9 Å². The fraction of sp³-hybridized carbons (Fsp3) is 0.423. The summed E-state index contributed by atoms with van der Waals surface area (Å²) in [7, 11) is 1.25. The highest BCUT2D eigenvalue weighted by Gasteiger charge is 2.31. The van der Waals surface area contributed by atoms with Crippen LogP contribution in [-0.2, 0) is 19.1 Å². The van der Waals surface area contributed by atoms with Crippen molar-refractivity contribution < 1.29 is 28.6 Å². The Labute approximate surface area is 201 Å². The summed E-state index contributed by atoms with van der Waals surface area (Å²) in [5.74, 6) is -0.852. The van der Waals surface area contributed by atoms with Crippen LogP contribution in [-0.4, -0.2) is 49.4 Å². The van der Waals surface area contributed by atoms with E-state index in [1.165, 1.54) is 7.11 Å². The molecule has 0 heterocycles. The molecule has 0 aliphatic carbocycles. The molecule has 2 aromatic rings. The second-order valence-corrected chi connectivity index (χ2v) is 9.15. The molecule has 2 atom stereocenters. The van der Waals surface area contributed by atoms with Crippen LogP contribution in [0.25, 0.3) is 11.1 Å². The fourth-order valence-corrected chi connectivity index (χ4v) is 3.07. The topological polar surface area (TPSA) is 103 Å². The van der Waals surface area contributed by atoms with Crippen LogP contribution in [0, 0.1) is 5.92 Å². The maximum absolute atomic E-state index is 13.0. The van der Waals surface area contributed by atoms with Crippen LogP contribution in [0.15, 0.2) is 54.6 Å². The Hall–Kier alpha value is -3.55. The van der Waals surface area contributed by atoms with Gasteiger partial charge in [-0.2, -0.15) is 0 Å². The lowest BCUT2D eigenvalue weighted by atomic mass is 10.0.